The molecule has 0 saturated heterocycles. The highest BCUT2D eigenvalue weighted by molar-refractivity contribution is 7.89. The molecule has 2 aromatic carbocycles. The van der Waals surface area contributed by atoms with E-state index in [-0.39, 0.29) is 17.1 Å². The average Bonchev–Trinajstić information content (AvgIpc) is 2.67. The molecule has 0 aliphatic carbocycles. The quantitative estimate of drug-likeness (QED) is 0.655. The fourth-order valence-electron chi connectivity index (χ4n) is 2.69. The summed E-state index contributed by atoms with van der Waals surface area (Å²) in [6, 6.07) is 8.54. The number of rotatable bonds is 8. The molecule has 2 N–H and O–H groups in total. The Balaban J connectivity index is 2.15. The second-order valence-electron chi connectivity index (χ2n) is 6.80. The lowest BCUT2D eigenvalue weighted by Gasteiger charge is -2.22. The van der Waals surface area contributed by atoms with Crippen molar-refractivity contribution in [3.05, 3.63) is 65.2 Å². The predicted octanol–water partition coefficient (Wildman–Crippen LogP) is 3.18. The number of halogens is 3. The van der Waals surface area contributed by atoms with E-state index in [1.165, 1.54) is 38.3 Å². The van der Waals surface area contributed by atoms with Gasteiger partial charge in [-0.15, -0.1) is 0 Å². The maximum atomic E-state index is 13.0. The van der Waals surface area contributed by atoms with Crippen molar-refractivity contribution in [2.24, 2.45) is 0 Å². The number of ether oxygens (including phenoxy) is 1. The van der Waals surface area contributed by atoms with Crippen molar-refractivity contribution in [1.29, 1.82) is 0 Å². The number of methoxy groups -OCH3 is 1. The van der Waals surface area contributed by atoms with Crippen LogP contribution in [0.3, 0.4) is 0 Å². The van der Waals surface area contributed by atoms with Crippen molar-refractivity contribution in [3.63, 3.8) is 0 Å². The molecular formula is C20H23F3N2O4S. The SMILES string of the molecule is COCC(NC(=O)[C@H](C)NS(=O)(=O)c1ccc(C)cc1)c1cccc(C(F)(F)F)c1. The average molecular weight is 444 g/mol. The van der Waals surface area contributed by atoms with Crippen LogP contribution in [0.4, 0.5) is 13.2 Å². The Morgan fingerprint density at radius 1 is 1.13 bits per heavy atom. The molecule has 1 amide bonds. The van der Waals surface area contributed by atoms with Gasteiger partial charge < -0.3 is 10.1 Å². The zero-order valence-electron chi connectivity index (χ0n) is 16.7. The molecule has 2 atom stereocenters. The van der Waals surface area contributed by atoms with Crippen LogP contribution in [0, 0.1) is 6.92 Å². The first-order valence-electron chi connectivity index (χ1n) is 8.99. The lowest BCUT2D eigenvalue weighted by molar-refractivity contribution is -0.137. The Morgan fingerprint density at radius 3 is 2.33 bits per heavy atom. The Morgan fingerprint density at radius 2 is 1.77 bits per heavy atom. The highest BCUT2D eigenvalue weighted by Crippen LogP contribution is 2.30. The highest BCUT2D eigenvalue weighted by Gasteiger charge is 2.31. The van der Waals surface area contributed by atoms with Gasteiger partial charge in [-0.2, -0.15) is 17.9 Å². The van der Waals surface area contributed by atoms with Crippen LogP contribution in [-0.2, 0) is 25.7 Å². The summed E-state index contributed by atoms with van der Waals surface area (Å²) in [6.45, 7) is 3.06. The standard InChI is InChI=1S/C20H23F3N2O4S/c1-13-7-9-17(10-8-13)30(27,28)25-14(2)19(26)24-18(12-29-3)15-5-4-6-16(11-15)20(21,22)23/h4-11,14,18,25H,12H2,1-3H3,(H,24,26)/t14-,18?/m0/s1. The zero-order valence-corrected chi connectivity index (χ0v) is 17.5. The normalized spacial score (nSPS) is 14.2. The fraction of sp³-hybridized carbons (Fsp3) is 0.350. The third-order valence-electron chi connectivity index (χ3n) is 4.32. The Bertz CT molecular complexity index is 976. The smallest absolute Gasteiger partial charge is 0.382 e. The number of nitrogens with one attached hydrogen (secondary N) is 2. The van der Waals surface area contributed by atoms with Crippen LogP contribution in [0.15, 0.2) is 53.4 Å². The van der Waals surface area contributed by atoms with Crippen LogP contribution in [-0.4, -0.2) is 34.1 Å². The number of amides is 1. The van der Waals surface area contributed by atoms with Crippen molar-refractivity contribution >= 4 is 15.9 Å². The van der Waals surface area contributed by atoms with Crippen molar-refractivity contribution in [2.75, 3.05) is 13.7 Å². The highest BCUT2D eigenvalue weighted by atomic mass is 32.2. The molecule has 0 spiro atoms. The number of sulfonamides is 1. The number of carbonyl (C=O) groups is 1. The first kappa shape index (κ1) is 23.8. The van der Waals surface area contributed by atoms with E-state index in [0.717, 1.165) is 17.7 Å². The van der Waals surface area contributed by atoms with Crippen molar-refractivity contribution < 1.29 is 31.1 Å². The molecule has 0 radical (unpaired) electrons. The van der Waals surface area contributed by atoms with Crippen LogP contribution in [0.25, 0.3) is 0 Å². The van der Waals surface area contributed by atoms with E-state index in [1.807, 2.05) is 6.92 Å². The molecule has 0 aliphatic heterocycles. The summed E-state index contributed by atoms with van der Waals surface area (Å²) in [5.74, 6) is -0.704. The summed E-state index contributed by atoms with van der Waals surface area (Å²) in [4.78, 5) is 12.5. The van der Waals surface area contributed by atoms with Crippen molar-refractivity contribution in [1.82, 2.24) is 10.0 Å². The minimum Gasteiger partial charge on any atom is -0.382 e. The zero-order chi connectivity index (χ0) is 22.5. The van der Waals surface area contributed by atoms with Gasteiger partial charge >= 0.3 is 6.18 Å². The van der Waals surface area contributed by atoms with E-state index in [2.05, 4.69) is 10.0 Å². The second-order valence-corrected chi connectivity index (χ2v) is 8.51. The molecule has 1 unspecified atom stereocenters. The lowest BCUT2D eigenvalue weighted by atomic mass is 10.0. The Kier molecular flexibility index (Phi) is 7.62. The summed E-state index contributed by atoms with van der Waals surface area (Å²) in [7, 11) is -2.61. The third kappa shape index (κ3) is 6.28. The van der Waals surface area contributed by atoms with E-state index in [4.69, 9.17) is 4.74 Å². The molecule has 10 heteroatoms. The molecule has 164 valence electrons. The molecule has 2 aromatic rings. The predicted molar refractivity (Wildman–Crippen MR) is 105 cm³/mol. The fourth-order valence-corrected chi connectivity index (χ4v) is 3.89. The van der Waals surface area contributed by atoms with Gasteiger partial charge in [-0.1, -0.05) is 29.8 Å². The Hall–Kier alpha value is -2.43. The first-order valence-corrected chi connectivity index (χ1v) is 10.5. The molecule has 0 bridgehead atoms. The number of hydrogen-bond donors (Lipinski definition) is 2. The number of benzene rings is 2. The number of hydrogen-bond acceptors (Lipinski definition) is 4. The van der Waals surface area contributed by atoms with Gasteiger partial charge in [0.1, 0.15) is 0 Å². The molecule has 0 aromatic heterocycles. The van der Waals surface area contributed by atoms with Crippen molar-refractivity contribution in [3.8, 4) is 0 Å². The molecule has 2 rings (SSSR count). The first-order chi connectivity index (χ1) is 13.9. The molecule has 30 heavy (non-hydrogen) atoms. The van der Waals surface area contributed by atoms with Crippen LogP contribution in [0.5, 0.6) is 0 Å². The van der Waals surface area contributed by atoms with Gasteiger partial charge in [-0.25, -0.2) is 8.42 Å². The molecule has 6 nitrogen and oxygen atoms in total. The number of aryl methyl sites for hydroxylation is 1. The maximum absolute atomic E-state index is 13.0. The largest absolute Gasteiger partial charge is 0.416 e. The Labute approximate surface area is 173 Å². The van der Waals surface area contributed by atoms with Crippen molar-refractivity contribution in [2.45, 2.75) is 37.0 Å². The third-order valence-corrected chi connectivity index (χ3v) is 5.88. The lowest BCUT2D eigenvalue weighted by Crippen LogP contribution is -2.46. The molecule has 0 aliphatic rings. The summed E-state index contributed by atoms with van der Waals surface area (Å²) in [6.07, 6.45) is -4.53. The maximum Gasteiger partial charge on any atom is 0.416 e. The van der Waals surface area contributed by atoms with Gasteiger partial charge in [0.2, 0.25) is 15.9 Å². The summed E-state index contributed by atoms with van der Waals surface area (Å²) in [5, 5.41) is 2.54. The molecule has 0 heterocycles. The van der Waals surface area contributed by atoms with Crippen LogP contribution < -0.4 is 10.0 Å². The molecular weight excluding hydrogens is 421 g/mol. The topological polar surface area (TPSA) is 84.5 Å². The van der Waals surface area contributed by atoms with E-state index in [0.29, 0.717) is 0 Å². The van der Waals surface area contributed by atoms with Gasteiger partial charge in [0.25, 0.3) is 0 Å². The van der Waals surface area contributed by atoms with E-state index < -0.39 is 39.8 Å². The van der Waals surface area contributed by atoms with Gasteiger partial charge in [-0.3, -0.25) is 4.79 Å². The van der Waals surface area contributed by atoms with Crippen LogP contribution >= 0.6 is 0 Å². The van der Waals surface area contributed by atoms with E-state index in [1.54, 1.807) is 12.1 Å². The summed E-state index contributed by atoms with van der Waals surface area (Å²) in [5.41, 5.74) is 0.209. The van der Waals surface area contributed by atoms with Crippen LogP contribution in [0.2, 0.25) is 0 Å². The van der Waals surface area contributed by atoms with Crippen LogP contribution in [0.1, 0.15) is 29.7 Å². The van der Waals surface area contributed by atoms with E-state index in [9.17, 15) is 26.4 Å². The molecule has 0 fully saturated rings. The van der Waals surface area contributed by atoms with Gasteiger partial charge in [0.05, 0.1) is 29.1 Å². The van der Waals surface area contributed by atoms with E-state index >= 15 is 0 Å². The molecule has 0 saturated carbocycles. The number of alkyl halides is 3. The minimum atomic E-state index is -4.53. The van der Waals surface area contributed by atoms with Gasteiger partial charge in [-0.05, 0) is 43.7 Å². The van der Waals surface area contributed by atoms with Gasteiger partial charge in [0, 0.05) is 7.11 Å². The summed E-state index contributed by atoms with van der Waals surface area (Å²) >= 11 is 0. The minimum absolute atomic E-state index is 0.000861. The van der Waals surface area contributed by atoms with Gasteiger partial charge in [0.15, 0.2) is 0 Å². The number of carbonyl (C=O) groups excluding carboxylic acids is 1. The summed E-state index contributed by atoms with van der Waals surface area (Å²) < 4.78 is 71.1. The second kappa shape index (κ2) is 9.59. The monoisotopic (exact) mass is 444 g/mol.